The molecule has 3 aromatic rings. The third kappa shape index (κ3) is 3.56. The van der Waals surface area contributed by atoms with Crippen molar-refractivity contribution in [2.24, 2.45) is 0 Å². The summed E-state index contributed by atoms with van der Waals surface area (Å²) in [6.45, 7) is 2.13. The second kappa shape index (κ2) is 7.04. The van der Waals surface area contributed by atoms with Crippen LogP contribution in [0, 0.1) is 11.3 Å². The number of benzene rings is 2. The highest BCUT2D eigenvalue weighted by Gasteiger charge is 2.08. The number of aryl methyl sites for hydroxylation is 1. The Bertz CT molecular complexity index is 853. The lowest BCUT2D eigenvalue weighted by molar-refractivity contribution is 1.14. The van der Waals surface area contributed by atoms with Gasteiger partial charge < -0.3 is 0 Å². The summed E-state index contributed by atoms with van der Waals surface area (Å²) >= 11 is 1.50. The number of rotatable bonds is 4. The third-order valence-corrected chi connectivity index (χ3v) is 4.50. The van der Waals surface area contributed by atoms with Gasteiger partial charge in [-0.25, -0.2) is 4.98 Å². The van der Waals surface area contributed by atoms with Gasteiger partial charge in [0, 0.05) is 10.9 Å². The van der Waals surface area contributed by atoms with E-state index in [9.17, 15) is 5.26 Å². The zero-order valence-corrected chi connectivity index (χ0v) is 13.7. The van der Waals surface area contributed by atoms with E-state index in [0.717, 1.165) is 28.2 Å². The summed E-state index contributed by atoms with van der Waals surface area (Å²) in [6.07, 6.45) is 2.91. The summed E-state index contributed by atoms with van der Waals surface area (Å²) < 4.78 is 0. The molecule has 0 saturated carbocycles. The molecule has 0 atom stereocenters. The fraction of sp³-hybridized carbons (Fsp3) is 0.100. The fourth-order valence-electron chi connectivity index (χ4n) is 2.30. The van der Waals surface area contributed by atoms with Gasteiger partial charge in [0.2, 0.25) is 0 Å². The van der Waals surface area contributed by atoms with Crippen molar-refractivity contribution >= 4 is 23.0 Å². The van der Waals surface area contributed by atoms with Gasteiger partial charge in [0.05, 0.1) is 11.3 Å². The summed E-state index contributed by atoms with van der Waals surface area (Å²) in [5.41, 5.74) is 4.89. The second-order valence-corrected chi connectivity index (χ2v) is 6.03. The van der Waals surface area contributed by atoms with E-state index in [0.29, 0.717) is 5.57 Å². The summed E-state index contributed by atoms with van der Waals surface area (Å²) in [6, 6.07) is 20.6. The molecule has 0 radical (unpaired) electrons. The van der Waals surface area contributed by atoms with Crippen LogP contribution in [0.2, 0.25) is 0 Å². The van der Waals surface area contributed by atoms with Crippen LogP contribution in [0.15, 0.2) is 60.0 Å². The smallest absolute Gasteiger partial charge is 0.134 e. The lowest BCUT2D eigenvalue weighted by atomic mass is 10.1. The Morgan fingerprint density at radius 2 is 1.87 bits per heavy atom. The predicted octanol–water partition coefficient (Wildman–Crippen LogP) is 5.44. The van der Waals surface area contributed by atoms with Crippen LogP contribution in [0.1, 0.15) is 23.1 Å². The van der Waals surface area contributed by atoms with Crippen molar-refractivity contribution < 1.29 is 0 Å². The zero-order chi connectivity index (χ0) is 16.1. The van der Waals surface area contributed by atoms with Gasteiger partial charge in [-0.05, 0) is 23.6 Å². The largest absolute Gasteiger partial charge is 0.235 e. The number of hydrogen-bond acceptors (Lipinski definition) is 3. The average molecular weight is 316 g/mol. The molecule has 3 rings (SSSR count). The first-order valence-electron chi connectivity index (χ1n) is 7.52. The molecule has 3 heteroatoms. The average Bonchev–Trinajstić information content (AvgIpc) is 3.11. The van der Waals surface area contributed by atoms with Crippen LogP contribution in [-0.4, -0.2) is 4.98 Å². The quantitative estimate of drug-likeness (QED) is 0.601. The highest BCUT2D eigenvalue weighted by atomic mass is 32.1. The number of allylic oxidation sites excluding steroid dienone is 1. The van der Waals surface area contributed by atoms with Gasteiger partial charge in [0.1, 0.15) is 11.1 Å². The van der Waals surface area contributed by atoms with Crippen molar-refractivity contribution in [3.8, 4) is 17.3 Å². The Morgan fingerprint density at radius 3 is 2.52 bits per heavy atom. The Labute approximate surface area is 140 Å². The first-order valence-corrected chi connectivity index (χ1v) is 8.40. The van der Waals surface area contributed by atoms with E-state index in [1.54, 1.807) is 0 Å². The molecular formula is C20H16N2S. The van der Waals surface area contributed by atoms with E-state index < -0.39 is 0 Å². The predicted molar refractivity (Wildman–Crippen MR) is 96.9 cm³/mol. The molecule has 23 heavy (non-hydrogen) atoms. The standard InChI is InChI=1S/C20H16N2S/c1-2-15-8-10-16(11-9-15)12-18(13-21)20-22-19(14-23-20)17-6-4-3-5-7-17/h3-12,14H,2H2,1H3/b18-12+. The molecule has 1 aromatic heterocycles. The molecule has 0 aliphatic heterocycles. The molecule has 0 N–H and O–H groups in total. The maximum atomic E-state index is 9.47. The Balaban J connectivity index is 1.90. The minimum atomic E-state index is 0.599. The lowest BCUT2D eigenvalue weighted by Gasteiger charge is -1.99. The number of nitriles is 1. The molecule has 2 nitrogen and oxygen atoms in total. The summed E-state index contributed by atoms with van der Waals surface area (Å²) in [5, 5.41) is 12.2. The zero-order valence-electron chi connectivity index (χ0n) is 12.9. The van der Waals surface area contributed by atoms with E-state index in [1.807, 2.05) is 53.9 Å². The SMILES string of the molecule is CCc1ccc(/C=C(\C#N)c2nc(-c3ccccc3)cs2)cc1. The highest BCUT2D eigenvalue weighted by molar-refractivity contribution is 7.11. The molecule has 0 unspecified atom stereocenters. The number of nitrogens with zero attached hydrogens (tertiary/aromatic N) is 2. The van der Waals surface area contributed by atoms with Gasteiger partial charge in [0.25, 0.3) is 0 Å². The van der Waals surface area contributed by atoms with E-state index in [2.05, 4.69) is 30.1 Å². The van der Waals surface area contributed by atoms with Crippen LogP contribution in [0.5, 0.6) is 0 Å². The maximum absolute atomic E-state index is 9.47. The highest BCUT2D eigenvalue weighted by Crippen LogP contribution is 2.27. The normalized spacial score (nSPS) is 11.2. The van der Waals surface area contributed by atoms with Crippen LogP contribution in [0.25, 0.3) is 22.9 Å². The van der Waals surface area contributed by atoms with E-state index >= 15 is 0 Å². The van der Waals surface area contributed by atoms with E-state index in [-0.39, 0.29) is 0 Å². The van der Waals surface area contributed by atoms with Crippen molar-refractivity contribution in [2.45, 2.75) is 13.3 Å². The Hall–Kier alpha value is -2.70. The first-order chi connectivity index (χ1) is 11.3. The van der Waals surface area contributed by atoms with Gasteiger partial charge in [0.15, 0.2) is 0 Å². The molecule has 0 bridgehead atoms. The van der Waals surface area contributed by atoms with E-state index in [1.165, 1.54) is 16.9 Å². The monoisotopic (exact) mass is 316 g/mol. The molecule has 1 heterocycles. The van der Waals surface area contributed by atoms with Gasteiger partial charge in [-0.3, -0.25) is 0 Å². The number of hydrogen-bond donors (Lipinski definition) is 0. The third-order valence-electron chi connectivity index (χ3n) is 3.62. The van der Waals surface area contributed by atoms with Gasteiger partial charge >= 0.3 is 0 Å². The van der Waals surface area contributed by atoms with Crippen LogP contribution in [0.3, 0.4) is 0 Å². The van der Waals surface area contributed by atoms with Gasteiger partial charge in [-0.15, -0.1) is 11.3 Å². The van der Waals surface area contributed by atoms with Crippen molar-refractivity contribution in [2.75, 3.05) is 0 Å². The van der Waals surface area contributed by atoms with Crippen molar-refractivity contribution in [3.05, 3.63) is 76.1 Å². The summed E-state index contributed by atoms with van der Waals surface area (Å²) in [4.78, 5) is 4.61. The molecule has 2 aromatic carbocycles. The molecule has 0 saturated heterocycles. The number of thiazole rings is 1. The molecule has 0 amide bonds. The minimum Gasteiger partial charge on any atom is -0.235 e. The van der Waals surface area contributed by atoms with Crippen LogP contribution < -0.4 is 0 Å². The molecule has 0 aliphatic rings. The van der Waals surface area contributed by atoms with Gasteiger partial charge in [-0.1, -0.05) is 61.5 Å². The van der Waals surface area contributed by atoms with Crippen molar-refractivity contribution in [3.63, 3.8) is 0 Å². The summed E-state index contributed by atoms with van der Waals surface area (Å²) in [5.74, 6) is 0. The van der Waals surface area contributed by atoms with Crippen molar-refractivity contribution in [1.82, 2.24) is 4.98 Å². The molecule has 112 valence electrons. The van der Waals surface area contributed by atoms with Gasteiger partial charge in [-0.2, -0.15) is 5.26 Å². The van der Waals surface area contributed by atoms with Crippen molar-refractivity contribution in [1.29, 1.82) is 5.26 Å². The van der Waals surface area contributed by atoms with Crippen LogP contribution in [0.4, 0.5) is 0 Å². The molecule has 0 fully saturated rings. The minimum absolute atomic E-state index is 0.599. The van der Waals surface area contributed by atoms with Crippen LogP contribution >= 0.6 is 11.3 Å². The molecule has 0 spiro atoms. The first kappa shape index (κ1) is 15.2. The molecule has 0 aliphatic carbocycles. The van der Waals surface area contributed by atoms with E-state index in [4.69, 9.17) is 0 Å². The summed E-state index contributed by atoms with van der Waals surface area (Å²) in [7, 11) is 0. The fourth-order valence-corrected chi connectivity index (χ4v) is 3.09. The lowest BCUT2D eigenvalue weighted by Crippen LogP contribution is -1.84. The number of aromatic nitrogens is 1. The second-order valence-electron chi connectivity index (χ2n) is 5.17. The topological polar surface area (TPSA) is 36.7 Å². The maximum Gasteiger partial charge on any atom is 0.134 e. The Kier molecular flexibility index (Phi) is 4.65. The van der Waals surface area contributed by atoms with Crippen LogP contribution in [-0.2, 0) is 6.42 Å². The Morgan fingerprint density at radius 1 is 1.13 bits per heavy atom. The molecular weight excluding hydrogens is 300 g/mol.